The molecule has 0 aromatic carbocycles. The fraction of sp³-hybridized carbons (Fsp3) is 0.933. The van der Waals surface area contributed by atoms with E-state index in [2.05, 4.69) is 46.9 Å². The summed E-state index contributed by atoms with van der Waals surface area (Å²) in [7, 11) is -1.92. The predicted molar refractivity (Wildman–Crippen MR) is 84.1 cm³/mol. The Kier molecular flexibility index (Phi) is 6.22. The summed E-state index contributed by atoms with van der Waals surface area (Å²) in [5.74, 6) is 0.0369. The molecule has 1 rings (SSSR count). The number of carbonyl (C=O) groups excluding carboxylic acids is 1. The normalized spacial score (nSPS) is 21.9. The van der Waals surface area contributed by atoms with Gasteiger partial charge in [-0.15, -0.1) is 0 Å². The first-order chi connectivity index (χ1) is 9.21. The molecule has 1 amide bonds. The quantitative estimate of drug-likeness (QED) is 0.711. The van der Waals surface area contributed by atoms with E-state index in [0.29, 0.717) is 36.2 Å². The van der Waals surface area contributed by atoms with E-state index in [1.165, 1.54) is 0 Å². The van der Waals surface area contributed by atoms with E-state index in [9.17, 15) is 9.90 Å². The molecular formula is C15H31NO3Si. The minimum absolute atomic E-state index is 0.000636. The van der Waals surface area contributed by atoms with Gasteiger partial charge in [-0.25, -0.2) is 0 Å². The fourth-order valence-corrected chi connectivity index (χ4v) is 9.22. The van der Waals surface area contributed by atoms with E-state index in [-0.39, 0.29) is 11.8 Å². The largest absolute Gasteiger partial charge is 0.413 e. The highest BCUT2D eigenvalue weighted by Gasteiger charge is 2.45. The van der Waals surface area contributed by atoms with Crippen LogP contribution in [0.25, 0.3) is 0 Å². The smallest absolute Gasteiger partial charge is 0.220 e. The van der Waals surface area contributed by atoms with Gasteiger partial charge >= 0.3 is 0 Å². The predicted octanol–water partition coefficient (Wildman–Crippen LogP) is 2.68. The monoisotopic (exact) mass is 301 g/mol. The number of hydrogen-bond donors (Lipinski definition) is 2. The van der Waals surface area contributed by atoms with Gasteiger partial charge in [0.15, 0.2) is 8.32 Å². The molecule has 2 atom stereocenters. The Morgan fingerprint density at radius 2 is 1.70 bits per heavy atom. The number of hydrogen-bond acceptors (Lipinski definition) is 3. The van der Waals surface area contributed by atoms with E-state index < -0.39 is 14.4 Å². The summed E-state index contributed by atoms with van der Waals surface area (Å²) in [6.45, 7) is 14.3. The van der Waals surface area contributed by atoms with Gasteiger partial charge in [-0.3, -0.25) is 4.79 Å². The van der Waals surface area contributed by atoms with Crippen LogP contribution < -0.4 is 5.32 Å². The Hall–Kier alpha value is -0.393. The number of carbonyl (C=O) groups is 1. The Balaban J connectivity index is 2.69. The molecule has 0 aromatic heterocycles. The van der Waals surface area contributed by atoms with Crippen LogP contribution in [0.4, 0.5) is 0 Å². The van der Waals surface area contributed by atoms with Crippen molar-refractivity contribution in [2.45, 2.75) is 70.7 Å². The lowest BCUT2D eigenvalue weighted by Crippen LogP contribution is -2.49. The van der Waals surface area contributed by atoms with Gasteiger partial charge in [0.25, 0.3) is 0 Å². The molecule has 0 aliphatic carbocycles. The van der Waals surface area contributed by atoms with Crippen molar-refractivity contribution in [1.29, 1.82) is 0 Å². The second kappa shape index (κ2) is 7.05. The lowest BCUT2D eigenvalue weighted by molar-refractivity contribution is -0.119. The molecule has 0 aromatic rings. The van der Waals surface area contributed by atoms with E-state index in [1.807, 2.05) is 0 Å². The van der Waals surface area contributed by atoms with Crippen LogP contribution in [0.2, 0.25) is 16.6 Å². The van der Waals surface area contributed by atoms with Crippen molar-refractivity contribution in [3.05, 3.63) is 0 Å². The molecule has 1 saturated heterocycles. The molecule has 4 nitrogen and oxygen atoms in total. The molecule has 1 fully saturated rings. The van der Waals surface area contributed by atoms with Gasteiger partial charge in [0.05, 0.1) is 12.7 Å². The van der Waals surface area contributed by atoms with Crippen LogP contribution in [0.15, 0.2) is 0 Å². The van der Waals surface area contributed by atoms with Gasteiger partial charge in [0, 0.05) is 18.9 Å². The van der Waals surface area contributed by atoms with Gasteiger partial charge < -0.3 is 14.8 Å². The molecule has 1 aliphatic heterocycles. The van der Waals surface area contributed by atoms with Crippen molar-refractivity contribution >= 4 is 14.2 Å². The maximum Gasteiger partial charge on any atom is 0.220 e. The first-order valence-electron chi connectivity index (χ1n) is 7.80. The molecule has 1 heterocycles. The Morgan fingerprint density at radius 3 is 2.05 bits per heavy atom. The molecule has 2 N–H and O–H groups in total. The second-order valence-electron chi connectivity index (χ2n) is 6.96. The zero-order valence-corrected chi connectivity index (χ0v) is 14.8. The van der Waals surface area contributed by atoms with Crippen LogP contribution in [-0.2, 0) is 9.22 Å². The van der Waals surface area contributed by atoms with Crippen molar-refractivity contribution in [3.8, 4) is 0 Å². The third kappa shape index (κ3) is 3.62. The first kappa shape index (κ1) is 17.7. The maximum atomic E-state index is 11.2. The minimum Gasteiger partial charge on any atom is -0.413 e. The first-order valence-corrected chi connectivity index (χ1v) is 9.94. The third-order valence-corrected chi connectivity index (χ3v) is 10.8. The van der Waals surface area contributed by atoms with Crippen LogP contribution >= 0.6 is 0 Å². The highest BCUT2D eigenvalue weighted by molar-refractivity contribution is 6.77. The van der Waals surface area contributed by atoms with Gasteiger partial charge in [0.1, 0.15) is 0 Å². The minimum atomic E-state index is -1.92. The van der Waals surface area contributed by atoms with E-state index in [1.54, 1.807) is 0 Å². The highest BCUT2D eigenvalue weighted by Crippen LogP contribution is 2.42. The van der Waals surface area contributed by atoms with Crippen LogP contribution in [0.5, 0.6) is 0 Å². The molecule has 0 saturated carbocycles. The van der Waals surface area contributed by atoms with Crippen LogP contribution in [0.1, 0.15) is 48.0 Å². The molecular weight excluding hydrogens is 270 g/mol. The number of amides is 1. The van der Waals surface area contributed by atoms with Crippen molar-refractivity contribution in [2.75, 3.05) is 13.2 Å². The molecule has 5 heteroatoms. The molecule has 0 spiro atoms. The Labute approximate surface area is 124 Å². The van der Waals surface area contributed by atoms with Gasteiger partial charge in [-0.05, 0) is 16.6 Å². The molecule has 20 heavy (non-hydrogen) atoms. The lowest BCUT2D eigenvalue weighted by Gasteiger charge is -2.42. The van der Waals surface area contributed by atoms with Crippen molar-refractivity contribution in [3.63, 3.8) is 0 Å². The molecule has 1 aliphatic rings. The Bertz CT molecular complexity index is 309. The number of aliphatic hydroxyl groups excluding tert-OH is 1. The number of nitrogens with one attached hydrogen (secondary N) is 1. The van der Waals surface area contributed by atoms with Crippen LogP contribution in [0.3, 0.4) is 0 Å². The fourth-order valence-electron chi connectivity index (χ4n) is 3.77. The number of aliphatic hydroxyl groups is 1. The van der Waals surface area contributed by atoms with E-state index >= 15 is 0 Å². The zero-order valence-electron chi connectivity index (χ0n) is 13.8. The molecule has 118 valence electrons. The molecule has 0 bridgehead atoms. The molecule has 0 radical (unpaired) electrons. The summed E-state index contributed by atoms with van der Waals surface area (Å²) in [6.07, 6.45) is -0.124. The second-order valence-corrected chi connectivity index (χ2v) is 12.4. The highest BCUT2D eigenvalue weighted by atomic mass is 28.4. The van der Waals surface area contributed by atoms with E-state index in [4.69, 9.17) is 4.43 Å². The van der Waals surface area contributed by atoms with Gasteiger partial charge in [-0.1, -0.05) is 41.5 Å². The Morgan fingerprint density at radius 1 is 1.20 bits per heavy atom. The van der Waals surface area contributed by atoms with Crippen LogP contribution in [0, 0.1) is 5.92 Å². The van der Waals surface area contributed by atoms with E-state index in [0.717, 1.165) is 0 Å². The SMILES string of the molecule is CC(C)[Si](OC[C@@H](O)C1CNC(=O)C1)(C(C)C)C(C)C. The average molecular weight is 302 g/mol. The molecule has 1 unspecified atom stereocenters. The summed E-state index contributed by atoms with van der Waals surface area (Å²) in [5, 5.41) is 13.1. The number of rotatable bonds is 7. The lowest BCUT2D eigenvalue weighted by atomic mass is 10.0. The topological polar surface area (TPSA) is 58.6 Å². The summed E-state index contributed by atoms with van der Waals surface area (Å²) >= 11 is 0. The third-order valence-electron chi connectivity index (χ3n) is 4.76. The average Bonchev–Trinajstić information content (AvgIpc) is 2.75. The zero-order chi connectivity index (χ0) is 15.5. The van der Waals surface area contributed by atoms with Crippen LogP contribution in [-0.4, -0.2) is 38.6 Å². The summed E-state index contributed by atoms with van der Waals surface area (Å²) in [6, 6.07) is 0. The van der Waals surface area contributed by atoms with Gasteiger partial charge in [-0.2, -0.15) is 0 Å². The van der Waals surface area contributed by atoms with Crippen molar-refractivity contribution < 1.29 is 14.3 Å². The summed E-state index contributed by atoms with van der Waals surface area (Å²) in [4.78, 5) is 11.2. The van der Waals surface area contributed by atoms with Crippen molar-refractivity contribution in [1.82, 2.24) is 5.32 Å². The maximum absolute atomic E-state index is 11.2. The van der Waals surface area contributed by atoms with Gasteiger partial charge in [0.2, 0.25) is 5.91 Å². The summed E-state index contributed by atoms with van der Waals surface area (Å²) < 4.78 is 6.37. The summed E-state index contributed by atoms with van der Waals surface area (Å²) in [5.41, 5.74) is 1.54. The standard InChI is InChI=1S/C15H31NO3Si/c1-10(2)20(11(3)4,12(5)6)19-9-14(17)13-7-15(18)16-8-13/h10-14,17H,7-9H2,1-6H3,(H,16,18)/t13?,14-/m1/s1. The van der Waals surface area contributed by atoms with Crippen molar-refractivity contribution in [2.24, 2.45) is 5.92 Å².